The summed E-state index contributed by atoms with van der Waals surface area (Å²) in [7, 11) is 0. The van der Waals surface area contributed by atoms with Crippen molar-refractivity contribution in [2.75, 3.05) is 0 Å². The highest BCUT2D eigenvalue weighted by atomic mass is 16.5. The second-order valence-electron chi connectivity index (χ2n) is 4.39. The highest BCUT2D eigenvalue weighted by Crippen LogP contribution is 2.20. The van der Waals surface area contributed by atoms with Crippen LogP contribution in [0.2, 0.25) is 0 Å². The molecule has 2 unspecified atom stereocenters. The van der Waals surface area contributed by atoms with E-state index in [1.54, 1.807) is 6.92 Å². The van der Waals surface area contributed by atoms with Crippen LogP contribution in [0.3, 0.4) is 0 Å². The number of nitrogens with two attached hydrogens (primary N) is 1. The molecule has 0 aromatic carbocycles. The molecule has 5 nitrogen and oxygen atoms in total. The molecule has 0 amide bonds. The molecule has 1 fully saturated rings. The van der Waals surface area contributed by atoms with Gasteiger partial charge in [0.1, 0.15) is 6.61 Å². The van der Waals surface area contributed by atoms with E-state index in [-0.39, 0.29) is 12.1 Å². The van der Waals surface area contributed by atoms with E-state index in [9.17, 15) is 0 Å². The number of hydrogen-bond donors (Lipinski definition) is 1. The summed E-state index contributed by atoms with van der Waals surface area (Å²) in [5.74, 6) is 1.18. The Morgan fingerprint density at radius 3 is 2.94 bits per heavy atom. The van der Waals surface area contributed by atoms with Crippen LogP contribution in [0, 0.1) is 6.92 Å². The predicted molar refractivity (Wildman–Crippen MR) is 58.7 cm³/mol. The summed E-state index contributed by atoms with van der Waals surface area (Å²) >= 11 is 0. The second-order valence-corrected chi connectivity index (χ2v) is 4.39. The van der Waals surface area contributed by atoms with Crippen molar-refractivity contribution in [1.82, 2.24) is 10.1 Å². The molecule has 2 rings (SSSR count). The van der Waals surface area contributed by atoms with E-state index in [1.807, 2.05) is 0 Å². The van der Waals surface area contributed by atoms with Gasteiger partial charge in [0.15, 0.2) is 5.82 Å². The standard InChI is InChI=1S/C11H19N3O2/c1-8-13-11(16-14-8)7-15-10-6-4-2-3-5-9(10)12/h9-10H,2-7,12H2,1H3. The second kappa shape index (κ2) is 5.41. The van der Waals surface area contributed by atoms with Gasteiger partial charge in [-0.3, -0.25) is 0 Å². The minimum absolute atomic E-state index is 0.134. The van der Waals surface area contributed by atoms with Crippen molar-refractivity contribution in [3.05, 3.63) is 11.7 Å². The van der Waals surface area contributed by atoms with Gasteiger partial charge < -0.3 is 15.0 Å². The SMILES string of the molecule is Cc1noc(COC2CCCCCC2N)n1. The van der Waals surface area contributed by atoms with E-state index in [4.69, 9.17) is 15.0 Å². The highest BCUT2D eigenvalue weighted by Gasteiger charge is 2.21. The van der Waals surface area contributed by atoms with Crippen molar-refractivity contribution in [2.24, 2.45) is 5.73 Å². The number of rotatable bonds is 3. The maximum Gasteiger partial charge on any atom is 0.252 e. The van der Waals surface area contributed by atoms with E-state index < -0.39 is 0 Å². The van der Waals surface area contributed by atoms with Crippen molar-refractivity contribution < 1.29 is 9.26 Å². The third kappa shape index (κ3) is 3.02. The lowest BCUT2D eigenvalue weighted by molar-refractivity contribution is 0.00685. The van der Waals surface area contributed by atoms with E-state index >= 15 is 0 Å². The zero-order chi connectivity index (χ0) is 11.4. The quantitative estimate of drug-likeness (QED) is 0.790. The van der Waals surface area contributed by atoms with E-state index in [1.165, 1.54) is 19.3 Å². The van der Waals surface area contributed by atoms with Crippen LogP contribution in [-0.4, -0.2) is 22.3 Å². The highest BCUT2D eigenvalue weighted by molar-refractivity contribution is 4.82. The molecule has 0 saturated heterocycles. The lowest BCUT2D eigenvalue weighted by Crippen LogP contribution is -2.35. The Morgan fingerprint density at radius 1 is 1.38 bits per heavy atom. The largest absolute Gasteiger partial charge is 0.367 e. The molecule has 1 aliphatic carbocycles. The molecule has 1 aromatic rings. The van der Waals surface area contributed by atoms with Gasteiger partial charge in [-0.05, 0) is 19.8 Å². The molecule has 1 heterocycles. The Labute approximate surface area is 95.3 Å². The molecule has 0 radical (unpaired) electrons. The van der Waals surface area contributed by atoms with Gasteiger partial charge in [-0.15, -0.1) is 0 Å². The molecular weight excluding hydrogens is 206 g/mol. The van der Waals surface area contributed by atoms with Crippen LogP contribution in [0.1, 0.15) is 43.8 Å². The maximum absolute atomic E-state index is 6.06. The first-order valence-electron chi connectivity index (χ1n) is 5.92. The summed E-state index contributed by atoms with van der Waals surface area (Å²) in [4.78, 5) is 4.10. The van der Waals surface area contributed by atoms with Crippen LogP contribution in [0.15, 0.2) is 4.52 Å². The third-order valence-electron chi connectivity index (χ3n) is 2.99. The van der Waals surface area contributed by atoms with Gasteiger partial charge >= 0.3 is 0 Å². The monoisotopic (exact) mass is 225 g/mol. The third-order valence-corrected chi connectivity index (χ3v) is 2.99. The van der Waals surface area contributed by atoms with Crippen LogP contribution in [0.4, 0.5) is 0 Å². The lowest BCUT2D eigenvalue weighted by atomic mass is 10.1. The minimum Gasteiger partial charge on any atom is -0.367 e. The van der Waals surface area contributed by atoms with Crippen molar-refractivity contribution in [3.63, 3.8) is 0 Å². The number of aryl methyl sites for hydroxylation is 1. The fourth-order valence-electron chi connectivity index (χ4n) is 2.09. The molecule has 2 atom stereocenters. The topological polar surface area (TPSA) is 74.2 Å². The summed E-state index contributed by atoms with van der Waals surface area (Å²) in [5, 5.41) is 3.72. The number of nitrogens with zero attached hydrogens (tertiary/aromatic N) is 2. The molecule has 1 aromatic heterocycles. The summed E-state index contributed by atoms with van der Waals surface area (Å²) in [6.45, 7) is 2.17. The molecule has 16 heavy (non-hydrogen) atoms. The van der Waals surface area contributed by atoms with Gasteiger partial charge in [-0.2, -0.15) is 4.98 Å². The van der Waals surface area contributed by atoms with Crippen LogP contribution in [-0.2, 0) is 11.3 Å². The molecule has 90 valence electrons. The van der Waals surface area contributed by atoms with Crippen molar-refractivity contribution in [2.45, 2.75) is 57.8 Å². The van der Waals surface area contributed by atoms with E-state index in [2.05, 4.69) is 10.1 Å². The van der Waals surface area contributed by atoms with Crippen LogP contribution < -0.4 is 5.73 Å². The predicted octanol–water partition coefficient (Wildman–Crippen LogP) is 1.55. The van der Waals surface area contributed by atoms with Gasteiger partial charge in [-0.25, -0.2) is 0 Å². The molecule has 1 saturated carbocycles. The number of ether oxygens (including phenoxy) is 1. The van der Waals surface area contributed by atoms with Crippen LogP contribution in [0.5, 0.6) is 0 Å². The van der Waals surface area contributed by atoms with Gasteiger partial charge in [0.25, 0.3) is 5.89 Å². The van der Waals surface area contributed by atoms with Crippen molar-refractivity contribution >= 4 is 0 Å². The van der Waals surface area contributed by atoms with Crippen LogP contribution in [0.25, 0.3) is 0 Å². The zero-order valence-electron chi connectivity index (χ0n) is 9.69. The first kappa shape index (κ1) is 11.5. The van der Waals surface area contributed by atoms with Gasteiger partial charge in [0.2, 0.25) is 0 Å². The van der Waals surface area contributed by atoms with Crippen molar-refractivity contribution in [1.29, 1.82) is 0 Å². The molecule has 5 heteroatoms. The molecule has 0 aliphatic heterocycles. The smallest absolute Gasteiger partial charge is 0.252 e. The Morgan fingerprint density at radius 2 is 2.19 bits per heavy atom. The summed E-state index contributed by atoms with van der Waals surface area (Å²) in [5.41, 5.74) is 6.06. The van der Waals surface area contributed by atoms with E-state index in [0.29, 0.717) is 18.3 Å². The average molecular weight is 225 g/mol. The molecule has 0 bridgehead atoms. The van der Waals surface area contributed by atoms with Crippen LogP contribution >= 0.6 is 0 Å². The zero-order valence-corrected chi connectivity index (χ0v) is 9.69. The Balaban J connectivity index is 1.83. The molecule has 2 N–H and O–H groups in total. The minimum atomic E-state index is 0.134. The molecule has 0 spiro atoms. The van der Waals surface area contributed by atoms with Gasteiger partial charge in [0, 0.05) is 6.04 Å². The lowest BCUT2D eigenvalue weighted by Gasteiger charge is -2.20. The maximum atomic E-state index is 6.06. The van der Waals surface area contributed by atoms with Gasteiger partial charge in [-0.1, -0.05) is 24.4 Å². The number of aromatic nitrogens is 2. The Hall–Kier alpha value is -0.940. The summed E-state index contributed by atoms with van der Waals surface area (Å²) in [6.07, 6.45) is 5.88. The molecular formula is C11H19N3O2. The average Bonchev–Trinajstić information content (AvgIpc) is 2.56. The van der Waals surface area contributed by atoms with Gasteiger partial charge in [0.05, 0.1) is 6.10 Å². The van der Waals surface area contributed by atoms with E-state index in [0.717, 1.165) is 12.8 Å². The normalized spacial score (nSPS) is 26.6. The fraction of sp³-hybridized carbons (Fsp3) is 0.818. The molecule has 1 aliphatic rings. The first-order chi connectivity index (χ1) is 7.75. The summed E-state index contributed by atoms with van der Waals surface area (Å²) in [6, 6.07) is 0.145. The summed E-state index contributed by atoms with van der Waals surface area (Å²) < 4.78 is 10.7. The number of hydrogen-bond acceptors (Lipinski definition) is 5. The first-order valence-corrected chi connectivity index (χ1v) is 5.92. The Bertz CT molecular complexity index is 327. The Kier molecular flexibility index (Phi) is 3.90. The van der Waals surface area contributed by atoms with Crippen molar-refractivity contribution in [3.8, 4) is 0 Å². The fourth-order valence-corrected chi connectivity index (χ4v) is 2.09.